The average Bonchev–Trinajstić information content (AvgIpc) is 3.02. The van der Waals surface area contributed by atoms with Crippen LogP contribution in [0, 0.1) is 11.3 Å². The Morgan fingerprint density at radius 1 is 1.04 bits per heavy atom. The highest BCUT2D eigenvalue weighted by Crippen LogP contribution is 2.36. The monoisotopic (exact) mass is 395 g/mol. The smallest absolute Gasteiger partial charge is 0.136 e. The minimum Gasteiger partial charge on any atom is -0.356 e. The lowest BCUT2D eigenvalue weighted by Crippen LogP contribution is -2.32. The summed E-state index contributed by atoms with van der Waals surface area (Å²) in [5, 5.41) is 13.6. The Labute approximate surface area is 171 Å². The third kappa shape index (κ3) is 4.90. The van der Waals surface area contributed by atoms with Gasteiger partial charge >= 0.3 is 0 Å². The van der Waals surface area contributed by atoms with E-state index in [0.717, 1.165) is 60.2 Å². The van der Waals surface area contributed by atoms with Crippen LogP contribution in [0.15, 0.2) is 60.7 Å². The molecule has 0 atom stereocenters. The van der Waals surface area contributed by atoms with Gasteiger partial charge in [-0.3, -0.25) is 0 Å². The largest absolute Gasteiger partial charge is 0.356 e. The molecule has 1 saturated heterocycles. The fourth-order valence-electron chi connectivity index (χ4n) is 3.50. The van der Waals surface area contributed by atoms with E-state index in [1.165, 1.54) is 0 Å². The van der Waals surface area contributed by atoms with Crippen molar-refractivity contribution in [3.05, 3.63) is 71.8 Å². The molecule has 0 radical (unpaired) electrons. The van der Waals surface area contributed by atoms with E-state index in [9.17, 15) is 5.26 Å². The molecule has 1 aliphatic heterocycles. The van der Waals surface area contributed by atoms with Crippen LogP contribution in [0.3, 0.4) is 0 Å². The van der Waals surface area contributed by atoms with Crippen molar-refractivity contribution in [1.29, 1.82) is 5.26 Å². The molecule has 0 saturated carbocycles. The van der Waals surface area contributed by atoms with Gasteiger partial charge in [-0.1, -0.05) is 84.6 Å². The number of thioether (sulfide) groups is 1. The van der Waals surface area contributed by atoms with Gasteiger partial charge in [-0.15, -0.1) is 0 Å². The second-order valence-electron chi connectivity index (χ2n) is 6.70. The van der Waals surface area contributed by atoms with Crippen LogP contribution >= 0.6 is 24.0 Å². The van der Waals surface area contributed by atoms with Crippen molar-refractivity contribution in [3.8, 4) is 6.07 Å². The van der Waals surface area contributed by atoms with E-state index in [-0.39, 0.29) is 0 Å². The van der Waals surface area contributed by atoms with Gasteiger partial charge in [-0.2, -0.15) is 5.26 Å². The summed E-state index contributed by atoms with van der Waals surface area (Å²) >= 11 is 7.37. The topological polar surface area (TPSA) is 39.1 Å². The summed E-state index contributed by atoms with van der Waals surface area (Å²) in [6.45, 7) is 4.02. The molecule has 2 aromatic rings. The second kappa shape index (κ2) is 9.89. The van der Waals surface area contributed by atoms with Crippen LogP contribution in [0.5, 0.6) is 0 Å². The van der Waals surface area contributed by atoms with Crippen LogP contribution in [-0.4, -0.2) is 41.2 Å². The molecule has 1 aliphatic rings. The van der Waals surface area contributed by atoms with E-state index in [1.54, 1.807) is 11.8 Å². The Morgan fingerprint density at radius 2 is 1.67 bits per heavy atom. The van der Waals surface area contributed by atoms with E-state index in [0.29, 0.717) is 0 Å². The number of nitrogens with one attached hydrogen (secondary N) is 1. The molecule has 1 N–H and O–H groups in total. The van der Waals surface area contributed by atoms with E-state index < -0.39 is 5.41 Å². The van der Waals surface area contributed by atoms with Gasteiger partial charge in [0.25, 0.3) is 0 Å². The molecule has 5 heteroatoms. The number of hydrogen-bond donors (Lipinski definition) is 1. The highest BCUT2D eigenvalue weighted by Gasteiger charge is 2.34. The molecule has 3 rings (SSSR count). The minimum absolute atomic E-state index is 0.647. The molecule has 0 aliphatic carbocycles. The summed E-state index contributed by atoms with van der Waals surface area (Å²) in [4.78, 5) is 2.29. The zero-order valence-corrected chi connectivity index (χ0v) is 17.1. The number of thiocarbonyl (C=S) groups is 1. The first kappa shape index (κ1) is 19.9. The molecule has 0 aromatic heterocycles. The third-order valence-corrected chi connectivity index (χ3v) is 6.55. The molecule has 1 heterocycles. The summed E-state index contributed by atoms with van der Waals surface area (Å²) in [5.41, 5.74) is 1.44. The maximum atomic E-state index is 10.2. The van der Waals surface area contributed by atoms with Crippen molar-refractivity contribution in [2.24, 2.45) is 0 Å². The zero-order valence-electron chi connectivity index (χ0n) is 15.4. The molecular weight excluding hydrogens is 370 g/mol. The summed E-state index contributed by atoms with van der Waals surface area (Å²) in [6, 6.07) is 22.9. The summed E-state index contributed by atoms with van der Waals surface area (Å²) < 4.78 is 0.951. The van der Waals surface area contributed by atoms with Gasteiger partial charge in [-0.25, -0.2) is 0 Å². The fraction of sp³-hybridized carbons (Fsp3) is 0.364. The quantitative estimate of drug-likeness (QED) is 0.768. The number of nitriles is 1. The summed E-state index contributed by atoms with van der Waals surface area (Å²) in [5.74, 6) is 0.820. The molecule has 0 spiro atoms. The predicted molar refractivity (Wildman–Crippen MR) is 118 cm³/mol. The van der Waals surface area contributed by atoms with Gasteiger partial charge in [0.15, 0.2) is 0 Å². The Morgan fingerprint density at radius 3 is 2.26 bits per heavy atom. The first-order chi connectivity index (χ1) is 13.3. The molecule has 0 amide bonds. The lowest BCUT2D eigenvalue weighted by atomic mass is 9.74. The third-order valence-electron chi connectivity index (χ3n) is 5.02. The molecular formula is C22H25N3S2. The van der Waals surface area contributed by atoms with Gasteiger partial charge in [0.05, 0.1) is 6.07 Å². The van der Waals surface area contributed by atoms with Gasteiger partial charge in [0, 0.05) is 25.4 Å². The van der Waals surface area contributed by atoms with Gasteiger partial charge in [0.1, 0.15) is 9.74 Å². The maximum absolute atomic E-state index is 10.2. The normalized spacial score (nSPS) is 15.0. The lowest BCUT2D eigenvalue weighted by molar-refractivity contribution is 0.462. The van der Waals surface area contributed by atoms with Crippen LogP contribution < -0.4 is 5.32 Å². The van der Waals surface area contributed by atoms with Gasteiger partial charge in [0.2, 0.25) is 0 Å². The average molecular weight is 396 g/mol. The lowest BCUT2D eigenvalue weighted by Gasteiger charge is -2.29. The zero-order chi connectivity index (χ0) is 19.0. The number of nitrogens with zero attached hydrogens (tertiary/aromatic N) is 2. The molecule has 1 fully saturated rings. The van der Waals surface area contributed by atoms with Crippen molar-refractivity contribution in [2.75, 3.05) is 31.9 Å². The second-order valence-corrected chi connectivity index (χ2v) is 8.43. The van der Waals surface area contributed by atoms with Crippen molar-refractivity contribution < 1.29 is 0 Å². The van der Waals surface area contributed by atoms with E-state index in [2.05, 4.69) is 40.6 Å². The van der Waals surface area contributed by atoms with Crippen LogP contribution in [-0.2, 0) is 5.41 Å². The molecule has 3 nitrogen and oxygen atoms in total. The van der Waals surface area contributed by atoms with Crippen molar-refractivity contribution in [2.45, 2.75) is 18.3 Å². The van der Waals surface area contributed by atoms with E-state index in [4.69, 9.17) is 12.2 Å². The summed E-state index contributed by atoms with van der Waals surface area (Å²) in [7, 11) is 0. The molecule has 2 aromatic carbocycles. The molecule has 27 heavy (non-hydrogen) atoms. The van der Waals surface area contributed by atoms with Crippen LogP contribution in [0.1, 0.15) is 24.0 Å². The Hall–Kier alpha value is -1.87. The van der Waals surface area contributed by atoms with Crippen LogP contribution in [0.4, 0.5) is 0 Å². The SMILES string of the molecule is N#CC(CCSC(=S)N1CCCNCC1)(c1ccccc1)c1ccccc1. The van der Waals surface area contributed by atoms with Gasteiger partial charge < -0.3 is 10.2 Å². The molecule has 0 bridgehead atoms. The maximum Gasteiger partial charge on any atom is 0.136 e. The predicted octanol–water partition coefficient (Wildman–Crippen LogP) is 4.20. The molecule has 0 unspecified atom stereocenters. The molecule has 140 valence electrons. The van der Waals surface area contributed by atoms with Crippen LogP contribution in [0.25, 0.3) is 0 Å². The van der Waals surface area contributed by atoms with Crippen molar-refractivity contribution in [1.82, 2.24) is 10.2 Å². The first-order valence-electron chi connectivity index (χ1n) is 9.41. The van der Waals surface area contributed by atoms with E-state index >= 15 is 0 Å². The standard InChI is InChI=1S/C22H25N3S2/c23-18-22(19-8-3-1-4-9-19,20-10-5-2-6-11-20)12-17-27-21(26)25-15-7-13-24-14-16-25/h1-6,8-11,24H,7,12-17H2. The van der Waals surface area contributed by atoms with Crippen LogP contribution in [0.2, 0.25) is 0 Å². The Balaban J connectivity index is 1.75. The fourth-order valence-corrected chi connectivity index (χ4v) is 4.88. The van der Waals surface area contributed by atoms with Crippen molar-refractivity contribution >= 4 is 28.3 Å². The minimum atomic E-state index is -0.647. The van der Waals surface area contributed by atoms with Gasteiger partial charge in [-0.05, 0) is 30.5 Å². The highest BCUT2D eigenvalue weighted by molar-refractivity contribution is 8.22. The Bertz CT molecular complexity index is 724. The summed E-state index contributed by atoms with van der Waals surface area (Å²) in [6.07, 6.45) is 1.85. The Kier molecular flexibility index (Phi) is 7.28. The number of rotatable bonds is 5. The van der Waals surface area contributed by atoms with Crippen molar-refractivity contribution in [3.63, 3.8) is 0 Å². The number of benzene rings is 2. The first-order valence-corrected chi connectivity index (χ1v) is 10.8. The van der Waals surface area contributed by atoms with E-state index in [1.807, 2.05) is 36.4 Å². The number of hydrogen-bond acceptors (Lipinski definition) is 4. The highest BCUT2D eigenvalue weighted by atomic mass is 32.2.